The van der Waals surface area contributed by atoms with Gasteiger partial charge in [-0.05, 0) is 18.8 Å². The lowest BCUT2D eigenvalue weighted by Gasteiger charge is -2.19. The predicted molar refractivity (Wildman–Crippen MR) is 81.7 cm³/mol. The van der Waals surface area contributed by atoms with Crippen LogP contribution in [0.3, 0.4) is 0 Å². The highest BCUT2D eigenvalue weighted by atomic mass is 32.1. The number of nitrogens with zero attached hydrogens (tertiary/aromatic N) is 3. The minimum absolute atomic E-state index is 0.761. The van der Waals surface area contributed by atoms with Crippen molar-refractivity contribution in [3.8, 4) is 0 Å². The molecule has 0 aliphatic rings. The van der Waals surface area contributed by atoms with E-state index >= 15 is 0 Å². The van der Waals surface area contributed by atoms with Gasteiger partial charge in [-0.1, -0.05) is 13.8 Å². The van der Waals surface area contributed by atoms with Gasteiger partial charge in [-0.15, -0.1) is 0 Å². The number of hydrogen-bond acceptors (Lipinski definition) is 5. The largest absolute Gasteiger partial charge is 0.369 e. The molecule has 0 aliphatic carbocycles. The van der Waals surface area contributed by atoms with Gasteiger partial charge in [-0.2, -0.15) is 12.6 Å². The van der Waals surface area contributed by atoms with Crippen molar-refractivity contribution in [2.45, 2.75) is 26.7 Å². The van der Waals surface area contributed by atoms with E-state index in [2.05, 4.69) is 53.7 Å². The topological polar surface area (TPSA) is 41.0 Å². The van der Waals surface area contributed by atoms with Crippen LogP contribution < -0.4 is 10.2 Å². The Hall–Kier alpha value is -0.970. The van der Waals surface area contributed by atoms with Crippen molar-refractivity contribution in [3.05, 3.63) is 12.4 Å². The average molecular weight is 268 g/mol. The molecule has 5 heteroatoms. The summed E-state index contributed by atoms with van der Waals surface area (Å²) in [6, 6.07) is 1.98. The minimum Gasteiger partial charge on any atom is -0.369 e. The third kappa shape index (κ3) is 5.58. The van der Waals surface area contributed by atoms with Gasteiger partial charge in [0, 0.05) is 32.0 Å². The zero-order valence-corrected chi connectivity index (χ0v) is 12.5. The van der Waals surface area contributed by atoms with E-state index in [0.29, 0.717) is 0 Å². The summed E-state index contributed by atoms with van der Waals surface area (Å²) in [5.41, 5.74) is 0. The van der Waals surface area contributed by atoms with Crippen LogP contribution in [-0.2, 0) is 0 Å². The van der Waals surface area contributed by atoms with E-state index in [1.807, 2.05) is 6.07 Å². The van der Waals surface area contributed by atoms with E-state index in [9.17, 15) is 0 Å². The van der Waals surface area contributed by atoms with Crippen molar-refractivity contribution in [2.75, 3.05) is 36.1 Å². The van der Waals surface area contributed by atoms with Crippen molar-refractivity contribution in [2.24, 2.45) is 5.92 Å². The number of thiol groups is 1. The number of rotatable bonds is 8. The number of anilines is 2. The molecule has 1 rings (SSSR count). The molecule has 1 aromatic heterocycles. The van der Waals surface area contributed by atoms with Gasteiger partial charge in [-0.3, -0.25) is 0 Å². The van der Waals surface area contributed by atoms with Crippen molar-refractivity contribution in [3.63, 3.8) is 0 Å². The summed E-state index contributed by atoms with van der Waals surface area (Å²) in [4.78, 5) is 10.7. The Morgan fingerprint density at radius 1 is 1.39 bits per heavy atom. The third-order valence-electron chi connectivity index (χ3n) is 2.74. The Balaban J connectivity index is 2.48. The molecule has 102 valence electrons. The maximum atomic E-state index is 4.30. The van der Waals surface area contributed by atoms with Crippen molar-refractivity contribution in [1.82, 2.24) is 9.97 Å². The Morgan fingerprint density at radius 3 is 2.83 bits per heavy atom. The van der Waals surface area contributed by atoms with Crippen LogP contribution in [0.5, 0.6) is 0 Å². The molecule has 1 heterocycles. The first kappa shape index (κ1) is 15.1. The van der Waals surface area contributed by atoms with E-state index < -0.39 is 0 Å². The van der Waals surface area contributed by atoms with Gasteiger partial charge in [0.25, 0.3) is 0 Å². The summed E-state index contributed by atoms with van der Waals surface area (Å²) in [6.07, 6.45) is 4.05. The summed E-state index contributed by atoms with van der Waals surface area (Å²) >= 11 is 4.17. The fourth-order valence-corrected chi connectivity index (χ4v) is 1.80. The Kier molecular flexibility index (Phi) is 6.86. The zero-order valence-electron chi connectivity index (χ0n) is 11.6. The fourth-order valence-electron chi connectivity index (χ4n) is 1.69. The molecule has 0 aliphatic heterocycles. The van der Waals surface area contributed by atoms with Gasteiger partial charge in [-0.25, -0.2) is 9.97 Å². The average Bonchev–Trinajstić information content (AvgIpc) is 2.36. The highest BCUT2D eigenvalue weighted by molar-refractivity contribution is 7.80. The summed E-state index contributed by atoms with van der Waals surface area (Å²) in [6.45, 7) is 6.35. The Morgan fingerprint density at radius 2 is 2.17 bits per heavy atom. The Labute approximate surface area is 116 Å². The second-order valence-electron chi connectivity index (χ2n) is 4.87. The molecule has 0 spiro atoms. The first-order chi connectivity index (χ1) is 8.63. The van der Waals surface area contributed by atoms with Gasteiger partial charge in [0.2, 0.25) is 0 Å². The first-order valence-electron chi connectivity index (χ1n) is 6.51. The molecule has 18 heavy (non-hydrogen) atoms. The first-order valence-corrected chi connectivity index (χ1v) is 7.14. The molecule has 1 aromatic rings. The SMILES string of the molecule is CC(C)CCCN(C)c1cc(NCCS)ncn1. The standard InChI is InChI=1S/C13H24N4S/c1-11(2)5-4-7-17(3)13-9-12(14-6-8-18)15-10-16-13/h9-11,18H,4-8H2,1-3H3,(H,14,15,16). The predicted octanol–water partition coefficient (Wildman–Crippen LogP) is 2.69. The van der Waals surface area contributed by atoms with Gasteiger partial charge in [0.1, 0.15) is 18.0 Å². The van der Waals surface area contributed by atoms with Crippen LogP contribution in [0.2, 0.25) is 0 Å². The van der Waals surface area contributed by atoms with Crippen molar-refractivity contribution >= 4 is 24.3 Å². The molecule has 0 saturated heterocycles. The molecule has 4 nitrogen and oxygen atoms in total. The van der Waals surface area contributed by atoms with Gasteiger partial charge < -0.3 is 10.2 Å². The molecular weight excluding hydrogens is 244 g/mol. The van der Waals surface area contributed by atoms with Crippen LogP contribution in [0.4, 0.5) is 11.6 Å². The quantitative estimate of drug-likeness (QED) is 0.711. The van der Waals surface area contributed by atoms with Gasteiger partial charge >= 0.3 is 0 Å². The highest BCUT2D eigenvalue weighted by Crippen LogP contribution is 2.14. The monoisotopic (exact) mass is 268 g/mol. The molecule has 0 fully saturated rings. The van der Waals surface area contributed by atoms with Crippen LogP contribution in [0.1, 0.15) is 26.7 Å². The summed E-state index contributed by atoms with van der Waals surface area (Å²) < 4.78 is 0. The van der Waals surface area contributed by atoms with E-state index in [1.165, 1.54) is 12.8 Å². The van der Waals surface area contributed by atoms with Crippen LogP contribution in [-0.4, -0.2) is 35.9 Å². The second-order valence-corrected chi connectivity index (χ2v) is 5.32. The number of hydrogen-bond donors (Lipinski definition) is 2. The van der Waals surface area contributed by atoms with E-state index in [-0.39, 0.29) is 0 Å². The Bertz CT molecular complexity index is 344. The summed E-state index contributed by atoms with van der Waals surface area (Å²) in [5, 5.41) is 3.21. The van der Waals surface area contributed by atoms with Crippen molar-refractivity contribution in [1.29, 1.82) is 0 Å². The summed E-state index contributed by atoms with van der Waals surface area (Å²) in [5.74, 6) is 3.39. The lowest BCUT2D eigenvalue weighted by molar-refractivity contribution is 0.555. The molecule has 0 bridgehead atoms. The van der Waals surface area contributed by atoms with Crippen LogP contribution in [0, 0.1) is 5.92 Å². The molecule has 1 N–H and O–H groups in total. The van der Waals surface area contributed by atoms with Crippen LogP contribution in [0.15, 0.2) is 12.4 Å². The van der Waals surface area contributed by atoms with Gasteiger partial charge in [0.05, 0.1) is 0 Å². The number of nitrogens with one attached hydrogen (secondary N) is 1. The molecule has 0 unspecified atom stereocenters. The van der Waals surface area contributed by atoms with Gasteiger partial charge in [0.15, 0.2) is 0 Å². The normalized spacial score (nSPS) is 10.7. The summed E-state index contributed by atoms with van der Waals surface area (Å²) in [7, 11) is 2.07. The van der Waals surface area contributed by atoms with Crippen LogP contribution in [0.25, 0.3) is 0 Å². The third-order valence-corrected chi connectivity index (χ3v) is 2.96. The molecular formula is C13H24N4S. The zero-order chi connectivity index (χ0) is 13.4. The molecule has 0 atom stereocenters. The molecule has 0 radical (unpaired) electrons. The number of aromatic nitrogens is 2. The lowest BCUT2D eigenvalue weighted by Crippen LogP contribution is -2.20. The fraction of sp³-hybridized carbons (Fsp3) is 0.692. The van der Waals surface area contributed by atoms with Crippen molar-refractivity contribution < 1.29 is 0 Å². The van der Waals surface area contributed by atoms with E-state index in [1.54, 1.807) is 6.33 Å². The second kappa shape index (κ2) is 8.19. The molecule has 0 aromatic carbocycles. The van der Waals surface area contributed by atoms with E-state index in [0.717, 1.165) is 36.4 Å². The maximum Gasteiger partial charge on any atom is 0.133 e. The maximum absolute atomic E-state index is 4.30. The molecule has 0 amide bonds. The molecule has 0 saturated carbocycles. The lowest BCUT2D eigenvalue weighted by atomic mass is 10.1. The minimum atomic E-state index is 0.761. The van der Waals surface area contributed by atoms with Crippen LogP contribution >= 0.6 is 12.6 Å². The van der Waals surface area contributed by atoms with E-state index in [4.69, 9.17) is 0 Å². The highest BCUT2D eigenvalue weighted by Gasteiger charge is 2.04. The smallest absolute Gasteiger partial charge is 0.133 e.